The highest BCUT2D eigenvalue weighted by Gasteiger charge is 2.21. The van der Waals surface area contributed by atoms with E-state index >= 15 is 0 Å². The molecule has 0 aliphatic heterocycles. The average molecular weight is 714 g/mol. The topological polar surface area (TPSA) is 4.93 Å². The van der Waals surface area contributed by atoms with Gasteiger partial charge >= 0.3 is 0 Å². The van der Waals surface area contributed by atoms with Crippen LogP contribution in [0.15, 0.2) is 164 Å². The normalized spacial score (nSPS) is 12.2. The van der Waals surface area contributed by atoms with E-state index in [0.717, 1.165) is 0 Å². The highest BCUT2D eigenvalue weighted by molar-refractivity contribution is 7.26. The molecule has 0 saturated carbocycles. The van der Waals surface area contributed by atoms with E-state index < -0.39 is 0 Å². The highest BCUT2D eigenvalue weighted by atomic mass is 32.1. The number of fused-ring (bicyclic) bond motifs is 12. The fraction of sp³-hybridized carbons (Fsp3) is 0. The van der Waals surface area contributed by atoms with Crippen molar-refractivity contribution in [2.24, 2.45) is 0 Å². The Morgan fingerprint density at radius 2 is 0.712 bits per heavy atom. The third kappa shape index (κ3) is 4.08. The van der Waals surface area contributed by atoms with Gasteiger partial charge in [-0.25, -0.2) is 0 Å². The van der Waals surface area contributed by atoms with Crippen molar-refractivity contribution >= 4 is 116 Å². The molecule has 12 aromatic rings. The summed E-state index contributed by atoms with van der Waals surface area (Å²) in [4.78, 5) is 0. The van der Waals surface area contributed by atoms with Gasteiger partial charge in [0.15, 0.2) is 0 Å². The largest absolute Gasteiger partial charge is 0.308 e. The molecule has 0 unspecified atom stereocenters. The van der Waals surface area contributed by atoms with Crippen molar-refractivity contribution in [3.05, 3.63) is 164 Å². The predicted octanol–water partition coefficient (Wildman–Crippen LogP) is 15.2. The van der Waals surface area contributed by atoms with Gasteiger partial charge in [-0.05, 0) is 65.7 Å². The molecule has 0 aliphatic rings. The van der Waals surface area contributed by atoms with Crippen LogP contribution in [-0.4, -0.2) is 4.57 Å². The lowest BCUT2D eigenvalue weighted by Crippen LogP contribution is -1.97. The molecule has 0 atom stereocenters. The van der Waals surface area contributed by atoms with Crippen molar-refractivity contribution in [1.82, 2.24) is 4.57 Å². The monoisotopic (exact) mass is 713 g/mol. The number of hydrogen-bond donors (Lipinski definition) is 0. The van der Waals surface area contributed by atoms with Crippen molar-refractivity contribution < 1.29 is 0 Å². The molecule has 4 heterocycles. The molecule has 52 heavy (non-hydrogen) atoms. The number of para-hydroxylation sites is 2. The maximum Gasteiger partial charge on any atom is 0.0619 e. The van der Waals surface area contributed by atoms with Crippen molar-refractivity contribution in [3.63, 3.8) is 0 Å². The van der Waals surface area contributed by atoms with E-state index in [0.29, 0.717) is 0 Å². The van der Waals surface area contributed by atoms with Crippen LogP contribution in [0.2, 0.25) is 0 Å². The summed E-state index contributed by atoms with van der Waals surface area (Å²) in [5, 5.41) is 10.5. The summed E-state index contributed by atoms with van der Waals surface area (Å²) in [5.74, 6) is 0. The molecule has 1 nitrogen and oxygen atoms in total. The molecule has 0 bridgehead atoms. The number of nitrogens with zero attached hydrogens (tertiary/aromatic N) is 1. The van der Waals surface area contributed by atoms with Gasteiger partial charge in [0.2, 0.25) is 0 Å². The van der Waals surface area contributed by atoms with E-state index in [4.69, 9.17) is 0 Å². The van der Waals surface area contributed by atoms with Gasteiger partial charge in [-0.1, -0.05) is 109 Å². The fourth-order valence-electron chi connectivity index (χ4n) is 8.48. The first-order valence-electron chi connectivity index (χ1n) is 17.6. The third-order valence-corrected chi connectivity index (χ3v) is 14.2. The van der Waals surface area contributed by atoms with Crippen LogP contribution in [0.25, 0.3) is 110 Å². The molecule has 0 fully saturated rings. The molecule has 4 aromatic heterocycles. The lowest BCUT2D eigenvalue weighted by Gasteiger charge is -2.14. The van der Waals surface area contributed by atoms with Crippen molar-refractivity contribution in [2.45, 2.75) is 0 Å². The van der Waals surface area contributed by atoms with Crippen molar-refractivity contribution in [1.29, 1.82) is 0 Å². The summed E-state index contributed by atoms with van der Waals surface area (Å²) in [5.41, 5.74) is 8.63. The van der Waals surface area contributed by atoms with E-state index in [9.17, 15) is 0 Å². The van der Waals surface area contributed by atoms with E-state index in [-0.39, 0.29) is 0 Å². The minimum Gasteiger partial charge on any atom is -0.308 e. The first kappa shape index (κ1) is 28.9. The van der Waals surface area contributed by atoms with Crippen LogP contribution in [0.1, 0.15) is 0 Å². The summed E-state index contributed by atoms with van der Waals surface area (Å²) >= 11 is 5.63. The summed E-state index contributed by atoms with van der Waals surface area (Å²) < 4.78 is 10.5. The van der Waals surface area contributed by atoms with Crippen LogP contribution in [-0.2, 0) is 0 Å². The first-order valence-corrected chi connectivity index (χ1v) is 20.0. The molecule has 0 aliphatic carbocycles. The Labute approximate surface area is 310 Å². The molecular weight excluding hydrogens is 687 g/mol. The molecule has 12 rings (SSSR count). The molecule has 0 amide bonds. The van der Waals surface area contributed by atoms with Gasteiger partial charge < -0.3 is 4.57 Å². The van der Waals surface area contributed by atoms with Crippen LogP contribution in [0.4, 0.5) is 0 Å². The predicted molar refractivity (Wildman–Crippen MR) is 230 cm³/mol. The Balaban J connectivity index is 1.20. The molecule has 8 aromatic carbocycles. The zero-order valence-corrected chi connectivity index (χ0v) is 30.2. The van der Waals surface area contributed by atoms with Gasteiger partial charge in [-0.2, -0.15) is 0 Å². The number of rotatable bonds is 3. The van der Waals surface area contributed by atoms with E-state index in [1.54, 1.807) is 0 Å². The molecule has 0 N–H and O–H groups in total. The Morgan fingerprint density at radius 1 is 0.288 bits per heavy atom. The lowest BCUT2D eigenvalue weighted by atomic mass is 9.98. The Kier molecular flexibility index (Phi) is 6.03. The zero-order chi connectivity index (χ0) is 33.9. The highest BCUT2D eigenvalue weighted by Crippen LogP contribution is 2.46. The Hall–Kier alpha value is -5.78. The van der Waals surface area contributed by atoms with E-state index in [1.165, 1.54) is 110 Å². The number of hydrogen-bond acceptors (Lipinski definition) is 3. The van der Waals surface area contributed by atoms with Crippen LogP contribution in [0, 0.1) is 0 Å². The number of benzene rings is 8. The summed E-state index contributed by atoms with van der Waals surface area (Å²) in [7, 11) is 0. The first-order chi connectivity index (χ1) is 25.8. The third-order valence-electron chi connectivity index (χ3n) is 10.8. The second-order valence-electron chi connectivity index (χ2n) is 13.6. The summed E-state index contributed by atoms with van der Waals surface area (Å²) in [6.45, 7) is 0. The SMILES string of the molecule is c1ccc2c(c1)sc1cc(-n3c4c(-c5ccc6sc7ccccc7c6c5)cccc4c4cccc(-c5ccc6sc7ccccc7c6c5)c43)ccc12. The second kappa shape index (κ2) is 10.9. The van der Waals surface area contributed by atoms with Gasteiger partial charge in [0, 0.05) is 88.1 Å². The minimum absolute atomic E-state index is 1.18. The molecule has 0 spiro atoms. The van der Waals surface area contributed by atoms with Crippen molar-refractivity contribution in [2.75, 3.05) is 0 Å². The maximum atomic E-state index is 2.56. The van der Waals surface area contributed by atoms with Crippen LogP contribution >= 0.6 is 34.0 Å². The quantitative estimate of drug-likeness (QED) is 0.172. The van der Waals surface area contributed by atoms with Gasteiger partial charge in [0.1, 0.15) is 0 Å². The molecular formula is C48H27NS3. The van der Waals surface area contributed by atoms with Crippen molar-refractivity contribution in [3.8, 4) is 27.9 Å². The van der Waals surface area contributed by atoms with E-state index in [2.05, 4.69) is 168 Å². The van der Waals surface area contributed by atoms with Gasteiger partial charge in [0.25, 0.3) is 0 Å². The maximum absolute atomic E-state index is 2.56. The summed E-state index contributed by atoms with van der Waals surface area (Å²) in [6.07, 6.45) is 0. The Bertz CT molecular complexity index is 3250. The molecule has 242 valence electrons. The van der Waals surface area contributed by atoms with Gasteiger partial charge in [-0.15, -0.1) is 34.0 Å². The second-order valence-corrected chi connectivity index (χ2v) is 16.9. The lowest BCUT2D eigenvalue weighted by molar-refractivity contribution is 1.19. The number of aromatic nitrogens is 1. The van der Waals surface area contributed by atoms with Crippen LogP contribution < -0.4 is 0 Å². The fourth-order valence-corrected chi connectivity index (χ4v) is 11.8. The van der Waals surface area contributed by atoms with Crippen LogP contribution in [0.5, 0.6) is 0 Å². The average Bonchev–Trinajstić information content (AvgIpc) is 3.95. The molecule has 0 radical (unpaired) electrons. The zero-order valence-electron chi connectivity index (χ0n) is 27.8. The smallest absolute Gasteiger partial charge is 0.0619 e. The standard InChI is InChI=1S/C48H27NS3/c1-4-16-41-33(9-1)36-22-21-30(27-46(36)52-41)49-47-31(28-19-23-44-39(25-28)34-10-2-5-17-42(34)50-44)12-7-14-37(47)38-15-8-13-32(48(38)49)29-20-24-45-40(26-29)35-11-3-6-18-43(35)51-45/h1-27H. The number of thiophene rings is 3. The minimum atomic E-state index is 1.18. The Morgan fingerprint density at radius 3 is 1.25 bits per heavy atom. The van der Waals surface area contributed by atoms with E-state index in [1.807, 2.05) is 34.0 Å². The van der Waals surface area contributed by atoms with Gasteiger partial charge in [0.05, 0.1) is 11.0 Å². The van der Waals surface area contributed by atoms with Gasteiger partial charge in [-0.3, -0.25) is 0 Å². The van der Waals surface area contributed by atoms with Crippen LogP contribution in [0.3, 0.4) is 0 Å². The molecule has 4 heteroatoms. The summed E-state index contributed by atoms with van der Waals surface area (Å²) in [6, 6.07) is 61.3. The molecule has 0 saturated heterocycles.